The van der Waals surface area contributed by atoms with Crippen molar-refractivity contribution in [2.75, 3.05) is 43.7 Å². The summed E-state index contributed by atoms with van der Waals surface area (Å²) < 4.78 is 25.8. The lowest BCUT2D eigenvalue weighted by molar-refractivity contribution is 0.102. The normalized spacial score (nSPS) is 13.8. The molecular weight excluding hydrogens is 344 g/mol. The van der Waals surface area contributed by atoms with Crippen LogP contribution in [-0.4, -0.2) is 56.8 Å². The Hall–Kier alpha value is -2.72. The number of carbonyl (C=O) groups is 1. The van der Waals surface area contributed by atoms with E-state index in [-0.39, 0.29) is 10.5 Å². The van der Waals surface area contributed by atoms with E-state index >= 15 is 0 Å². The van der Waals surface area contributed by atoms with E-state index in [1.54, 1.807) is 31.3 Å². The number of benzene rings is 1. The summed E-state index contributed by atoms with van der Waals surface area (Å²) in [6.45, 7) is 0. The maximum Gasteiger partial charge on any atom is 0.259 e. The highest BCUT2D eigenvalue weighted by atomic mass is 32.2. The highest BCUT2D eigenvalue weighted by Gasteiger charge is 2.27. The maximum atomic E-state index is 12.6. The number of hydrogen-bond donors (Lipinski definition) is 2. The Morgan fingerprint density at radius 3 is 2.60 bits per heavy atom. The summed E-state index contributed by atoms with van der Waals surface area (Å²) in [6, 6.07) is 4.45. The van der Waals surface area contributed by atoms with Crippen molar-refractivity contribution in [1.82, 2.24) is 14.3 Å². The largest absolute Gasteiger partial charge is 0.357 e. The molecule has 0 aliphatic carbocycles. The predicted octanol–water partition coefficient (Wildman–Crippen LogP) is 1.10. The fourth-order valence-corrected chi connectivity index (χ4v) is 3.43. The van der Waals surface area contributed by atoms with Gasteiger partial charge in [-0.2, -0.15) is 4.98 Å². The van der Waals surface area contributed by atoms with Crippen LogP contribution in [0.2, 0.25) is 0 Å². The van der Waals surface area contributed by atoms with Gasteiger partial charge in [0.05, 0.1) is 22.3 Å². The molecule has 1 aromatic heterocycles. The summed E-state index contributed by atoms with van der Waals surface area (Å²) in [5.41, 5.74) is 1.42. The fraction of sp³-hybridized carbons (Fsp3) is 0.267. The molecule has 10 heteroatoms. The van der Waals surface area contributed by atoms with Gasteiger partial charge in [0.15, 0.2) is 5.82 Å². The summed E-state index contributed by atoms with van der Waals surface area (Å²) in [5, 5.41) is 5.52. The van der Waals surface area contributed by atoms with Gasteiger partial charge >= 0.3 is 0 Å². The van der Waals surface area contributed by atoms with E-state index in [2.05, 4.69) is 20.6 Å². The molecule has 0 radical (unpaired) electrons. The summed E-state index contributed by atoms with van der Waals surface area (Å²) in [7, 11) is 2.68. The number of rotatable bonds is 3. The van der Waals surface area contributed by atoms with Gasteiger partial charge in [-0.05, 0) is 18.2 Å². The molecule has 2 heterocycles. The molecule has 0 spiro atoms. The first-order valence-electron chi connectivity index (χ1n) is 7.42. The Labute approximate surface area is 145 Å². The molecule has 0 fully saturated rings. The summed E-state index contributed by atoms with van der Waals surface area (Å²) >= 11 is 0. The summed E-state index contributed by atoms with van der Waals surface area (Å²) in [6.07, 6.45) is 1.59. The van der Waals surface area contributed by atoms with Crippen LogP contribution in [-0.2, 0) is 10.0 Å². The van der Waals surface area contributed by atoms with Crippen LogP contribution in [0.3, 0.4) is 0 Å². The maximum absolute atomic E-state index is 12.6. The Kier molecular flexibility index (Phi) is 4.09. The number of nitrogens with one attached hydrogen (secondary N) is 2. The van der Waals surface area contributed by atoms with Gasteiger partial charge in [-0.1, -0.05) is 0 Å². The number of carbonyl (C=O) groups excluding carboxylic acids is 1. The lowest BCUT2D eigenvalue weighted by Gasteiger charge is -2.20. The van der Waals surface area contributed by atoms with E-state index in [1.165, 1.54) is 26.2 Å². The molecule has 1 aliphatic rings. The highest BCUT2D eigenvalue weighted by molar-refractivity contribution is 7.89. The SMILES string of the molecule is CNc1ncc2c(n1)NC(=O)c1cc(S(=O)(=O)N(C)C)ccc1N2C. The van der Waals surface area contributed by atoms with Crippen molar-refractivity contribution in [2.24, 2.45) is 0 Å². The topological polar surface area (TPSA) is 108 Å². The first-order chi connectivity index (χ1) is 11.8. The molecule has 2 N–H and O–H groups in total. The zero-order chi connectivity index (χ0) is 18.4. The second-order valence-corrected chi connectivity index (χ2v) is 7.81. The number of hydrogen-bond acceptors (Lipinski definition) is 7. The molecule has 132 valence electrons. The van der Waals surface area contributed by atoms with Crippen LogP contribution in [0, 0.1) is 0 Å². The van der Waals surface area contributed by atoms with Gasteiger partial charge in [0, 0.05) is 28.2 Å². The van der Waals surface area contributed by atoms with E-state index in [1.807, 2.05) is 0 Å². The summed E-state index contributed by atoms with van der Waals surface area (Å²) in [4.78, 5) is 22.8. The van der Waals surface area contributed by atoms with Crippen molar-refractivity contribution >= 4 is 39.1 Å². The monoisotopic (exact) mass is 362 g/mol. The number of anilines is 4. The quantitative estimate of drug-likeness (QED) is 0.842. The van der Waals surface area contributed by atoms with Gasteiger partial charge in [-0.3, -0.25) is 4.79 Å². The van der Waals surface area contributed by atoms with Crippen LogP contribution in [0.5, 0.6) is 0 Å². The molecule has 9 nitrogen and oxygen atoms in total. The molecule has 1 aromatic carbocycles. The number of amides is 1. The highest BCUT2D eigenvalue weighted by Crippen LogP contribution is 2.36. The zero-order valence-corrected chi connectivity index (χ0v) is 15.0. The van der Waals surface area contributed by atoms with E-state index in [0.29, 0.717) is 23.1 Å². The van der Waals surface area contributed by atoms with Crippen molar-refractivity contribution in [1.29, 1.82) is 0 Å². The lowest BCUT2D eigenvalue weighted by Crippen LogP contribution is -2.23. The molecule has 1 amide bonds. The minimum atomic E-state index is -3.64. The third-order valence-electron chi connectivity index (χ3n) is 3.94. The molecule has 0 saturated carbocycles. The average molecular weight is 362 g/mol. The van der Waals surface area contributed by atoms with Gasteiger partial charge in [0.2, 0.25) is 16.0 Å². The Morgan fingerprint density at radius 1 is 1.24 bits per heavy atom. The average Bonchev–Trinajstić information content (AvgIpc) is 2.69. The Bertz CT molecular complexity index is 958. The van der Waals surface area contributed by atoms with Crippen molar-refractivity contribution in [2.45, 2.75) is 4.90 Å². The van der Waals surface area contributed by atoms with Crippen LogP contribution in [0.1, 0.15) is 10.4 Å². The van der Waals surface area contributed by atoms with E-state index < -0.39 is 15.9 Å². The minimum absolute atomic E-state index is 0.0488. The third kappa shape index (κ3) is 2.79. The third-order valence-corrected chi connectivity index (χ3v) is 5.75. The molecule has 3 rings (SSSR count). The molecule has 0 atom stereocenters. The van der Waals surface area contributed by atoms with Gasteiger partial charge in [-0.15, -0.1) is 0 Å². The van der Waals surface area contributed by atoms with Crippen molar-refractivity contribution < 1.29 is 13.2 Å². The molecule has 1 aliphatic heterocycles. The number of fused-ring (bicyclic) bond motifs is 2. The molecule has 2 aromatic rings. The van der Waals surface area contributed by atoms with E-state index in [9.17, 15) is 13.2 Å². The van der Waals surface area contributed by atoms with Gasteiger partial charge < -0.3 is 15.5 Å². The smallest absolute Gasteiger partial charge is 0.259 e. The van der Waals surface area contributed by atoms with Crippen LogP contribution in [0.4, 0.5) is 23.1 Å². The van der Waals surface area contributed by atoms with Gasteiger partial charge in [0.1, 0.15) is 5.69 Å². The number of aromatic nitrogens is 2. The molecular formula is C15H18N6O3S. The van der Waals surface area contributed by atoms with Crippen LogP contribution in [0.25, 0.3) is 0 Å². The minimum Gasteiger partial charge on any atom is -0.357 e. The van der Waals surface area contributed by atoms with Crippen LogP contribution < -0.4 is 15.5 Å². The Balaban J connectivity index is 2.15. The van der Waals surface area contributed by atoms with Crippen LogP contribution in [0.15, 0.2) is 29.3 Å². The number of sulfonamides is 1. The first kappa shape index (κ1) is 17.1. The lowest BCUT2D eigenvalue weighted by atomic mass is 10.1. The second kappa shape index (κ2) is 5.97. The zero-order valence-electron chi connectivity index (χ0n) is 14.2. The fourth-order valence-electron chi connectivity index (χ4n) is 2.50. The van der Waals surface area contributed by atoms with E-state index in [4.69, 9.17) is 0 Å². The first-order valence-corrected chi connectivity index (χ1v) is 8.86. The standard InChI is InChI=1S/C15H18N6O3S/c1-16-15-17-8-12-13(19-15)18-14(22)10-7-9(25(23,24)20(2)3)5-6-11(10)21(12)4/h5-8H,1-4H3,(H2,16,17,18,19,22). The molecule has 0 saturated heterocycles. The number of nitrogens with zero attached hydrogens (tertiary/aromatic N) is 4. The van der Waals surface area contributed by atoms with Crippen molar-refractivity contribution in [3.63, 3.8) is 0 Å². The molecule has 25 heavy (non-hydrogen) atoms. The summed E-state index contributed by atoms with van der Waals surface area (Å²) in [5.74, 6) is 0.284. The van der Waals surface area contributed by atoms with Gasteiger partial charge in [-0.25, -0.2) is 17.7 Å². The predicted molar refractivity (Wildman–Crippen MR) is 94.9 cm³/mol. The van der Waals surface area contributed by atoms with Crippen LogP contribution >= 0.6 is 0 Å². The second-order valence-electron chi connectivity index (χ2n) is 5.66. The van der Waals surface area contributed by atoms with Crippen molar-refractivity contribution in [3.05, 3.63) is 30.0 Å². The van der Waals surface area contributed by atoms with Crippen molar-refractivity contribution in [3.8, 4) is 0 Å². The molecule has 0 unspecified atom stereocenters. The van der Waals surface area contributed by atoms with E-state index in [0.717, 1.165) is 4.31 Å². The molecule has 0 bridgehead atoms. The van der Waals surface area contributed by atoms with Gasteiger partial charge in [0.25, 0.3) is 5.91 Å². The Morgan fingerprint density at radius 2 is 1.96 bits per heavy atom.